The molecule has 0 unspecified atom stereocenters. The van der Waals surface area contributed by atoms with Crippen molar-refractivity contribution in [1.29, 1.82) is 0 Å². The SMILES string of the molecule is Cc1ccc(NC(=O)c2cnn3c(C(F)F)cc(-c4ccccc4)nc23)cc1C. The van der Waals surface area contributed by atoms with Gasteiger partial charge in [0.2, 0.25) is 0 Å². The van der Waals surface area contributed by atoms with Gasteiger partial charge in [0, 0.05) is 11.3 Å². The number of anilines is 1. The summed E-state index contributed by atoms with van der Waals surface area (Å²) in [5.41, 5.74) is 3.69. The number of amides is 1. The van der Waals surface area contributed by atoms with Crippen molar-refractivity contribution in [3.05, 3.63) is 83.2 Å². The van der Waals surface area contributed by atoms with Crippen LogP contribution in [0.4, 0.5) is 14.5 Å². The zero-order valence-corrected chi connectivity index (χ0v) is 15.9. The highest BCUT2D eigenvalue weighted by molar-refractivity contribution is 6.08. The molecule has 2 aromatic heterocycles. The summed E-state index contributed by atoms with van der Waals surface area (Å²) < 4.78 is 28.3. The van der Waals surface area contributed by atoms with E-state index in [1.165, 1.54) is 12.3 Å². The molecule has 0 radical (unpaired) electrons. The number of alkyl halides is 2. The highest BCUT2D eigenvalue weighted by Gasteiger charge is 2.21. The largest absolute Gasteiger partial charge is 0.322 e. The lowest BCUT2D eigenvalue weighted by atomic mass is 10.1. The van der Waals surface area contributed by atoms with Gasteiger partial charge in [-0.2, -0.15) is 5.10 Å². The number of carbonyl (C=O) groups excluding carboxylic acids is 1. The minimum atomic E-state index is -2.77. The monoisotopic (exact) mass is 392 g/mol. The number of rotatable bonds is 4. The minimum Gasteiger partial charge on any atom is -0.322 e. The zero-order chi connectivity index (χ0) is 20.5. The van der Waals surface area contributed by atoms with E-state index in [-0.39, 0.29) is 16.9 Å². The molecule has 0 aliphatic rings. The quantitative estimate of drug-likeness (QED) is 0.519. The van der Waals surface area contributed by atoms with Gasteiger partial charge in [0.1, 0.15) is 11.3 Å². The predicted molar refractivity (Wildman–Crippen MR) is 107 cm³/mol. The van der Waals surface area contributed by atoms with E-state index in [1.807, 2.05) is 32.0 Å². The Balaban J connectivity index is 1.79. The van der Waals surface area contributed by atoms with Crippen LogP contribution in [0.2, 0.25) is 0 Å². The standard InChI is InChI=1S/C22H18F2N4O/c1-13-8-9-16(10-14(13)2)26-22(29)17-12-25-28-19(20(23)24)11-18(27-21(17)28)15-6-4-3-5-7-15/h3-12,20H,1-2H3,(H,26,29). The van der Waals surface area contributed by atoms with E-state index in [2.05, 4.69) is 15.4 Å². The highest BCUT2D eigenvalue weighted by Crippen LogP contribution is 2.27. The van der Waals surface area contributed by atoms with Crippen molar-refractivity contribution >= 4 is 17.2 Å². The Bertz CT molecular complexity index is 1200. The van der Waals surface area contributed by atoms with E-state index in [4.69, 9.17) is 0 Å². The molecule has 0 aliphatic carbocycles. The normalized spacial score (nSPS) is 11.2. The van der Waals surface area contributed by atoms with Crippen LogP contribution in [0, 0.1) is 13.8 Å². The number of nitrogens with one attached hydrogen (secondary N) is 1. The van der Waals surface area contributed by atoms with Crippen molar-refractivity contribution in [2.24, 2.45) is 0 Å². The Labute approximate surface area is 166 Å². The number of aromatic nitrogens is 3. The van der Waals surface area contributed by atoms with Crippen molar-refractivity contribution in [3.8, 4) is 11.3 Å². The first kappa shape index (κ1) is 18.7. The van der Waals surface area contributed by atoms with E-state index < -0.39 is 12.3 Å². The molecule has 2 aromatic carbocycles. The highest BCUT2D eigenvalue weighted by atomic mass is 19.3. The van der Waals surface area contributed by atoms with Crippen molar-refractivity contribution in [2.75, 3.05) is 5.32 Å². The number of carbonyl (C=O) groups is 1. The maximum atomic E-state index is 13.6. The van der Waals surface area contributed by atoms with Crippen LogP contribution in [0.3, 0.4) is 0 Å². The third kappa shape index (κ3) is 3.59. The molecule has 5 nitrogen and oxygen atoms in total. The van der Waals surface area contributed by atoms with Crippen LogP contribution in [-0.4, -0.2) is 20.5 Å². The number of hydrogen-bond donors (Lipinski definition) is 1. The second-order valence-corrected chi connectivity index (χ2v) is 6.78. The molecule has 1 N–H and O–H groups in total. The second-order valence-electron chi connectivity index (χ2n) is 6.78. The molecule has 7 heteroatoms. The number of fused-ring (bicyclic) bond motifs is 1. The van der Waals surface area contributed by atoms with E-state index in [0.29, 0.717) is 16.9 Å². The minimum absolute atomic E-state index is 0.0861. The number of nitrogens with zero attached hydrogens (tertiary/aromatic N) is 3. The summed E-state index contributed by atoms with van der Waals surface area (Å²) in [5, 5.41) is 6.78. The average Bonchev–Trinajstić information content (AvgIpc) is 3.14. The zero-order valence-electron chi connectivity index (χ0n) is 15.9. The number of benzene rings is 2. The second kappa shape index (κ2) is 7.43. The van der Waals surface area contributed by atoms with Gasteiger partial charge >= 0.3 is 0 Å². The Morgan fingerprint density at radius 2 is 1.79 bits per heavy atom. The molecule has 1 amide bonds. The Morgan fingerprint density at radius 1 is 1.03 bits per heavy atom. The van der Waals surface area contributed by atoms with Crippen LogP contribution >= 0.6 is 0 Å². The van der Waals surface area contributed by atoms with E-state index in [9.17, 15) is 13.6 Å². The van der Waals surface area contributed by atoms with Crippen molar-refractivity contribution in [1.82, 2.24) is 14.6 Å². The molecule has 0 saturated carbocycles. The van der Waals surface area contributed by atoms with E-state index >= 15 is 0 Å². The lowest BCUT2D eigenvalue weighted by Crippen LogP contribution is -2.13. The topological polar surface area (TPSA) is 59.3 Å². The fraction of sp³-hybridized carbons (Fsp3) is 0.136. The van der Waals surface area contributed by atoms with Crippen LogP contribution < -0.4 is 5.32 Å². The number of halogens is 2. The molecule has 2 heterocycles. The summed E-state index contributed by atoms with van der Waals surface area (Å²) in [7, 11) is 0. The van der Waals surface area contributed by atoms with Crippen LogP contribution in [-0.2, 0) is 0 Å². The van der Waals surface area contributed by atoms with Crippen molar-refractivity contribution < 1.29 is 13.6 Å². The summed E-state index contributed by atoms with van der Waals surface area (Å²) in [6.07, 6.45) is -1.50. The summed E-state index contributed by atoms with van der Waals surface area (Å²) >= 11 is 0. The van der Waals surface area contributed by atoms with Crippen LogP contribution in [0.5, 0.6) is 0 Å². The Morgan fingerprint density at radius 3 is 2.48 bits per heavy atom. The molecular weight excluding hydrogens is 374 g/mol. The average molecular weight is 392 g/mol. The number of hydrogen-bond acceptors (Lipinski definition) is 3. The first-order chi connectivity index (χ1) is 13.9. The molecule has 0 atom stereocenters. The molecule has 4 rings (SSSR count). The third-order valence-electron chi connectivity index (χ3n) is 4.80. The van der Waals surface area contributed by atoms with Crippen LogP contribution in [0.15, 0.2) is 60.8 Å². The molecule has 0 bridgehead atoms. The Hall–Kier alpha value is -3.61. The van der Waals surface area contributed by atoms with E-state index in [1.54, 1.807) is 30.3 Å². The fourth-order valence-corrected chi connectivity index (χ4v) is 3.08. The van der Waals surface area contributed by atoms with Gasteiger partial charge in [-0.1, -0.05) is 36.4 Å². The predicted octanol–water partition coefficient (Wildman–Crippen LogP) is 5.20. The number of aryl methyl sites for hydroxylation is 2. The Kier molecular flexibility index (Phi) is 4.80. The van der Waals surface area contributed by atoms with Gasteiger partial charge in [-0.15, -0.1) is 0 Å². The van der Waals surface area contributed by atoms with Crippen molar-refractivity contribution in [2.45, 2.75) is 20.3 Å². The summed E-state index contributed by atoms with van der Waals surface area (Å²) in [4.78, 5) is 17.3. The smallest absolute Gasteiger partial charge is 0.280 e. The summed E-state index contributed by atoms with van der Waals surface area (Å²) in [6.45, 7) is 3.93. The molecule has 0 spiro atoms. The van der Waals surface area contributed by atoms with Gasteiger partial charge in [-0.05, 0) is 43.2 Å². The van der Waals surface area contributed by atoms with Crippen molar-refractivity contribution in [3.63, 3.8) is 0 Å². The van der Waals surface area contributed by atoms with Gasteiger partial charge in [-0.3, -0.25) is 4.79 Å². The molecule has 0 saturated heterocycles. The van der Waals surface area contributed by atoms with Crippen LogP contribution in [0.25, 0.3) is 16.9 Å². The maximum absolute atomic E-state index is 13.6. The van der Waals surface area contributed by atoms with Gasteiger partial charge in [-0.25, -0.2) is 18.3 Å². The first-order valence-electron chi connectivity index (χ1n) is 9.05. The van der Waals surface area contributed by atoms with Gasteiger partial charge in [0.15, 0.2) is 5.65 Å². The molecule has 0 fully saturated rings. The third-order valence-corrected chi connectivity index (χ3v) is 4.80. The molecular formula is C22H18F2N4O. The summed E-state index contributed by atoms with van der Waals surface area (Å²) in [5.74, 6) is -0.457. The lowest BCUT2D eigenvalue weighted by molar-refractivity contribution is 0.102. The fourth-order valence-electron chi connectivity index (χ4n) is 3.08. The lowest BCUT2D eigenvalue weighted by Gasteiger charge is -2.09. The first-order valence-corrected chi connectivity index (χ1v) is 9.05. The van der Waals surface area contributed by atoms with E-state index in [0.717, 1.165) is 15.6 Å². The van der Waals surface area contributed by atoms with Gasteiger partial charge in [0.05, 0.1) is 11.9 Å². The van der Waals surface area contributed by atoms with Crippen LogP contribution in [0.1, 0.15) is 33.6 Å². The molecule has 146 valence electrons. The van der Waals surface area contributed by atoms with Gasteiger partial charge < -0.3 is 5.32 Å². The molecule has 29 heavy (non-hydrogen) atoms. The molecule has 0 aliphatic heterocycles. The maximum Gasteiger partial charge on any atom is 0.280 e. The molecule has 4 aromatic rings. The van der Waals surface area contributed by atoms with Gasteiger partial charge in [0.25, 0.3) is 12.3 Å². The summed E-state index contributed by atoms with van der Waals surface area (Å²) in [6, 6.07) is 15.8.